The van der Waals surface area contributed by atoms with Gasteiger partial charge in [0.25, 0.3) is 5.91 Å². The van der Waals surface area contributed by atoms with Gasteiger partial charge in [0, 0.05) is 12.2 Å². The van der Waals surface area contributed by atoms with E-state index in [1.165, 1.54) is 5.56 Å². The van der Waals surface area contributed by atoms with E-state index in [4.69, 9.17) is 4.42 Å². The molecule has 138 valence electrons. The smallest absolute Gasteiger partial charge is 0.291 e. The number of benzene rings is 2. The second kappa shape index (κ2) is 9.19. The first-order valence-electron chi connectivity index (χ1n) is 8.56. The van der Waals surface area contributed by atoms with Gasteiger partial charge in [-0.15, -0.1) is 0 Å². The SMILES string of the molecule is O=C(Cc1ccc(NC(=O)c2ccc(Br)o2)cc1)NCCc1ccccc1. The van der Waals surface area contributed by atoms with Crippen molar-refractivity contribution < 1.29 is 14.0 Å². The van der Waals surface area contributed by atoms with E-state index in [-0.39, 0.29) is 17.6 Å². The molecule has 0 saturated carbocycles. The molecule has 0 aliphatic carbocycles. The third-order valence-electron chi connectivity index (χ3n) is 3.95. The lowest BCUT2D eigenvalue weighted by molar-refractivity contribution is -0.120. The predicted molar refractivity (Wildman–Crippen MR) is 108 cm³/mol. The Balaban J connectivity index is 1.45. The summed E-state index contributed by atoms with van der Waals surface area (Å²) in [6, 6.07) is 20.5. The van der Waals surface area contributed by atoms with Crippen molar-refractivity contribution in [2.24, 2.45) is 0 Å². The Morgan fingerprint density at radius 1 is 0.889 bits per heavy atom. The van der Waals surface area contributed by atoms with E-state index in [0.29, 0.717) is 23.3 Å². The minimum absolute atomic E-state index is 0.0249. The van der Waals surface area contributed by atoms with Crippen LogP contribution in [0, 0.1) is 0 Å². The standard InChI is InChI=1S/C21H19BrN2O3/c22-19-11-10-18(27-19)21(26)24-17-8-6-16(7-9-17)14-20(25)23-13-12-15-4-2-1-3-5-15/h1-11H,12-14H2,(H,23,25)(H,24,26). The lowest BCUT2D eigenvalue weighted by Crippen LogP contribution is -2.27. The van der Waals surface area contributed by atoms with Gasteiger partial charge in [-0.05, 0) is 57.7 Å². The summed E-state index contributed by atoms with van der Waals surface area (Å²) in [5, 5.41) is 5.68. The van der Waals surface area contributed by atoms with E-state index >= 15 is 0 Å². The van der Waals surface area contributed by atoms with Crippen LogP contribution in [-0.2, 0) is 17.6 Å². The lowest BCUT2D eigenvalue weighted by atomic mass is 10.1. The molecule has 0 radical (unpaired) electrons. The van der Waals surface area contributed by atoms with Gasteiger partial charge in [0.05, 0.1) is 6.42 Å². The van der Waals surface area contributed by atoms with Gasteiger partial charge in [-0.25, -0.2) is 0 Å². The number of rotatable bonds is 7. The summed E-state index contributed by atoms with van der Waals surface area (Å²) in [6.07, 6.45) is 1.11. The van der Waals surface area contributed by atoms with Crippen LogP contribution < -0.4 is 10.6 Å². The van der Waals surface area contributed by atoms with E-state index < -0.39 is 0 Å². The molecule has 2 N–H and O–H groups in total. The Hall–Kier alpha value is -2.86. The van der Waals surface area contributed by atoms with Crippen LogP contribution in [-0.4, -0.2) is 18.4 Å². The zero-order chi connectivity index (χ0) is 19.1. The molecular formula is C21H19BrN2O3. The number of furan rings is 1. The zero-order valence-electron chi connectivity index (χ0n) is 14.6. The third-order valence-corrected chi connectivity index (χ3v) is 4.38. The quantitative estimate of drug-likeness (QED) is 0.594. The summed E-state index contributed by atoms with van der Waals surface area (Å²) >= 11 is 3.16. The highest BCUT2D eigenvalue weighted by Gasteiger charge is 2.11. The molecule has 0 aliphatic heterocycles. The number of hydrogen-bond acceptors (Lipinski definition) is 3. The Morgan fingerprint density at radius 3 is 2.30 bits per heavy atom. The largest absolute Gasteiger partial charge is 0.444 e. The van der Waals surface area contributed by atoms with Crippen LogP contribution in [0.15, 0.2) is 75.8 Å². The van der Waals surface area contributed by atoms with Crippen LogP contribution in [0.1, 0.15) is 21.7 Å². The van der Waals surface area contributed by atoms with Crippen LogP contribution in [0.3, 0.4) is 0 Å². The van der Waals surface area contributed by atoms with Crippen LogP contribution in [0.2, 0.25) is 0 Å². The van der Waals surface area contributed by atoms with Crippen molar-refractivity contribution in [3.63, 3.8) is 0 Å². The lowest BCUT2D eigenvalue weighted by Gasteiger charge is -2.07. The Morgan fingerprint density at radius 2 is 1.63 bits per heavy atom. The topological polar surface area (TPSA) is 71.3 Å². The molecule has 2 aromatic carbocycles. The molecule has 1 aromatic heterocycles. The molecule has 0 spiro atoms. The summed E-state index contributed by atoms with van der Waals surface area (Å²) in [5.41, 5.74) is 2.72. The summed E-state index contributed by atoms with van der Waals surface area (Å²) in [7, 11) is 0. The van der Waals surface area contributed by atoms with Crippen molar-refractivity contribution in [1.29, 1.82) is 0 Å². The number of carbonyl (C=O) groups is 2. The van der Waals surface area contributed by atoms with Gasteiger partial charge in [0.2, 0.25) is 5.91 Å². The fraction of sp³-hybridized carbons (Fsp3) is 0.143. The van der Waals surface area contributed by atoms with Crippen molar-refractivity contribution in [2.75, 3.05) is 11.9 Å². The number of carbonyl (C=O) groups excluding carboxylic acids is 2. The Kier molecular flexibility index (Phi) is 6.44. The van der Waals surface area contributed by atoms with E-state index in [0.717, 1.165) is 12.0 Å². The maximum Gasteiger partial charge on any atom is 0.291 e. The number of nitrogens with one attached hydrogen (secondary N) is 2. The summed E-state index contributed by atoms with van der Waals surface area (Å²) < 4.78 is 5.72. The average molecular weight is 427 g/mol. The Labute approximate surface area is 165 Å². The molecule has 3 aromatic rings. The van der Waals surface area contributed by atoms with Gasteiger partial charge in [-0.1, -0.05) is 42.5 Å². The monoisotopic (exact) mass is 426 g/mol. The van der Waals surface area contributed by atoms with Crippen LogP contribution >= 0.6 is 15.9 Å². The highest BCUT2D eigenvalue weighted by atomic mass is 79.9. The molecule has 0 saturated heterocycles. The molecule has 0 unspecified atom stereocenters. The van der Waals surface area contributed by atoms with Crippen molar-refractivity contribution in [3.05, 3.63) is 88.3 Å². The highest BCUT2D eigenvalue weighted by Crippen LogP contribution is 2.16. The van der Waals surface area contributed by atoms with E-state index in [1.54, 1.807) is 24.3 Å². The van der Waals surface area contributed by atoms with Crippen LogP contribution in [0.5, 0.6) is 0 Å². The molecule has 1 heterocycles. The van der Waals surface area contributed by atoms with Gasteiger partial charge in [-0.2, -0.15) is 0 Å². The molecule has 5 nitrogen and oxygen atoms in total. The minimum atomic E-state index is -0.327. The van der Waals surface area contributed by atoms with Gasteiger partial charge in [0.15, 0.2) is 10.4 Å². The zero-order valence-corrected chi connectivity index (χ0v) is 16.2. The van der Waals surface area contributed by atoms with Crippen molar-refractivity contribution >= 4 is 33.4 Å². The molecule has 6 heteroatoms. The second-order valence-electron chi connectivity index (χ2n) is 6.02. The Bertz CT molecular complexity index is 905. The number of amides is 2. The molecule has 2 amide bonds. The fourth-order valence-corrected chi connectivity index (χ4v) is 2.88. The van der Waals surface area contributed by atoms with Crippen molar-refractivity contribution in [2.45, 2.75) is 12.8 Å². The normalized spacial score (nSPS) is 10.4. The highest BCUT2D eigenvalue weighted by molar-refractivity contribution is 9.10. The summed E-state index contributed by atoms with van der Waals surface area (Å²) in [4.78, 5) is 24.1. The average Bonchev–Trinajstić information content (AvgIpc) is 3.11. The molecular weight excluding hydrogens is 408 g/mol. The maximum absolute atomic E-state index is 12.1. The number of anilines is 1. The van der Waals surface area contributed by atoms with Gasteiger partial charge >= 0.3 is 0 Å². The number of halogens is 1. The van der Waals surface area contributed by atoms with Crippen molar-refractivity contribution in [1.82, 2.24) is 5.32 Å². The first kappa shape index (κ1) is 18.9. The third kappa shape index (κ3) is 5.82. The van der Waals surface area contributed by atoms with Gasteiger partial charge in [-0.3, -0.25) is 9.59 Å². The molecule has 0 atom stereocenters. The van der Waals surface area contributed by atoms with Crippen molar-refractivity contribution in [3.8, 4) is 0 Å². The van der Waals surface area contributed by atoms with Gasteiger partial charge in [0.1, 0.15) is 0 Å². The fourth-order valence-electron chi connectivity index (χ4n) is 2.57. The second-order valence-corrected chi connectivity index (χ2v) is 6.80. The molecule has 0 bridgehead atoms. The summed E-state index contributed by atoms with van der Waals surface area (Å²) in [6.45, 7) is 0.607. The van der Waals surface area contributed by atoms with E-state index in [2.05, 4.69) is 26.6 Å². The molecule has 0 aliphatic rings. The van der Waals surface area contributed by atoms with E-state index in [9.17, 15) is 9.59 Å². The van der Waals surface area contributed by atoms with Gasteiger partial charge < -0.3 is 15.1 Å². The van der Waals surface area contributed by atoms with Crippen LogP contribution in [0.25, 0.3) is 0 Å². The molecule has 3 rings (SSSR count). The molecule has 0 fully saturated rings. The summed E-state index contributed by atoms with van der Waals surface area (Å²) in [5.74, 6) is -0.126. The number of hydrogen-bond donors (Lipinski definition) is 2. The minimum Gasteiger partial charge on any atom is -0.444 e. The first-order valence-corrected chi connectivity index (χ1v) is 9.36. The van der Waals surface area contributed by atoms with Crippen LogP contribution in [0.4, 0.5) is 5.69 Å². The van der Waals surface area contributed by atoms with E-state index in [1.807, 2.05) is 42.5 Å². The first-order chi connectivity index (χ1) is 13.1. The predicted octanol–water partition coefficient (Wildman–Crippen LogP) is 4.20. The molecule has 27 heavy (non-hydrogen) atoms. The maximum atomic E-state index is 12.1.